The molecule has 154 valence electrons. The molecule has 7 nitrogen and oxygen atoms in total. The Morgan fingerprint density at radius 2 is 1.52 bits per heavy atom. The average molecular weight is 403 g/mol. The second-order valence-electron chi connectivity index (χ2n) is 8.54. The summed E-state index contributed by atoms with van der Waals surface area (Å²) in [6.07, 6.45) is 10.0. The second-order valence-corrected chi connectivity index (χ2v) is 9.54. The van der Waals surface area contributed by atoms with Crippen molar-refractivity contribution < 1.29 is 32.1 Å². The van der Waals surface area contributed by atoms with Crippen LogP contribution in [-0.2, 0) is 38.9 Å². The van der Waals surface area contributed by atoms with Gasteiger partial charge in [-0.15, -0.1) is 0 Å². The van der Waals surface area contributed by atoms with Gasteiger partial charge in [-0.05, 0) is 25.7 Å². The number of fused-ring (bicyclic) bond motifs is 1. The predicted octanol–water partition coefficient (Wildman–Crippen LogP) is 2.54. The van der Waals surface area contributed by atoms with Crippen molar-refractivity contribution in [3.05, 3.63) is 0 Å². The molecule has 3 heterocycles. The van der Waals surface area contributed by atoms with Crippen LogP contribution in [0.4, 0.5) is 0 Å². The molecule has 27 heavy (non-hydrogen) atoms. The van der Waals surface area contributed by atoms with Gasteiger partial charge in [-0.1, -0.05) is 12.8 Å². The molecule has 0 radical (unpaired) electrons. The number of hydrogen-bond acceptors (Lipinski definition) is 7. The fourth-order valence-electron chi connectivity index (χ4n) is 5.34. The van der Waals surface area contributed by atoms with Crippen molar-refractivity contribution in [2.45, 2.75) is 106 Å². The predicted molar refractivity (Wildman–Crippen MR) is 96.0 cm³/mol. The second kappa shape index (κ2) is 7.31. The summed E-state index contributed by atoms with van der Waals surface area (Å²) in [5, 5.41) is 0. The summed E-state index contributed by atoms with van der Waals surface area (Å²) in [6.45, 7) is 0.464. The molecule has 8 heteroatoms. The maximum absolute atomic E-state index is 11.9. The van der Waals surface area contributed by atoms with E-state index >= 15 is 0 Å². The molecule has 5 aliphatic rings. The van der Waals surface area contributed by atoms with Crippen LogP contribution in [0.3, 0.4) is 0 Å². The van der Waals surface area contributed by atoms with E-state index in [2.05, 4.69) is 0 Å². The van der Waals surface area contributed by atoms with Crippen LogP contribution in [0.25, 0.3) is 0 Å². The Morgan fingerprint density at radius 1 is 0.852 bits per heavy atom. The summed E-state index contributed by atoms with van der Waals surface area (Å²) in [5.41, 5.74) is 0. The Labute approximate surface area is 163 Å². The molecule has 2 spiro atoms. The molecule has 5 rings (SSSR count). The highest BCUT2D eigenvalue weighted by Crippen LogP contribution is 2.48. The van der Waals surface area contributed by atoms with E-state index in [1.54, 1.807) is 0 Å². The largest absolute Gasteiger partial charge is 0.347 e. The third kappa shape index (κ3) is 3.52. The van der Waals surface area contributed by atoms with E-state index in [0.717, 1.165) is 51.4 Å². The van der Waals surface area contributed by atoms with Crippen molar-refractivity contribution in [2.24, 2.45) is 0 Å². The van der Waals surface area contributed by atoms with E-state index in [0.29, 0.717) is 6.61 Å². The lowest BCUT2D eigenvalue weighted by atomic mass is 9.94. The van der Waals surface area contributed by atoms with Crippen LogP contribution in [0.5, 0.6) is 0 Å². The Bertz CT molecular complexity index is 572. The first-order valence-corrected chi connectivity index (χ1v) is 11.9. The van der Waals surface area contributed by atoms with E-state index in [1.165, 1.54) is 19.1 Å². The highest BCUT2D eigenvalue weighted by molar-refractivity contribution is 7.79. The Balaban J connectivity index is 1.31. The molecule has 0 bridgehead atoms. The van der Waals surface area contributed by atoms with Gasteiger partial charge in [-0.25, -0.2) is 4.21 Å². The molecule has 3 aliphatic heterocycles. The third-order valence-electron chi connectivity index (χ3n) is 6.61. The Hall–Kier alpha value is -0.0900. The summed E-state index contributed by atoms with van der Waals surface area (Å²) in [6, 6.07) is 0. The number of ether oxygens (including phenoxy) is 5. The van der Waals surface area contributed by atoms with E-state index in [-0.39, 0.29) is 12.2 Å². The molecular formula is C19H30O7S. The summed E-state index contributed by atoms with van der Waals surface area (Å²) in [5.74, 6) is -1.04. The molecule has 0 amide bonds. The topological polar surface area (TPSA) is 72.5 Å². The molecule has 2 saturated carbocycles. The average Bonchev–Trinajstić information content (AvgIpc) is 3.29. The molecule has 3 saturated heterocycles. The lowest BCUT2D eigenvalue weighted by Gasteiger charge is -2.35. The van der Waals surface area contributed by atoms with Gasteiger partial charge in [0.05, 0.1) is 6.61 Å². The van der Waals surface area contributed by atoms with Gasteiger partial charge in [0.25, 0.3) is 0 Å². The maximum Gasteiger partial charge on any atom is 0.190 e. The monoisotopic (exact) mass is 402 g/mol. The van der Waals surface area contributed by atoms with Crippen LogP contribution in [-0.4, -0.2) is 59.4 Å². The fourth-order valence-corrected chi connectivity index (χ4v) is 5.87. The van der Waals surface area contributed by atoms with Gasteiger partial charge >= 0.3 is 0 Å². The van der Waals surface area contributed by atoms with Crippen LogP contribution < -0.4 is 0 Å². The van der Waals surface area contributed by atoms with Gasteiger partial charge in [-0.3, -0.25) is 4.18 Å². The van der Waals surface area contributed by atoms with Gasteiger partial charge in [0.1, 0.15) is 24.4 Å². The van der Waals surface area contributed by atoms with Crippen LogP contribution in [0.2, 0.25) is 0 Å². The molecule has 2 aliphatic carbocycles. The number of hydrogen-bond donors (Lipinski definition) is 0. The minimum absolute atomic E-state index is 0.253. The zero-order valence-electron chi connectivity index (χ0n) is 15.9. The smallest absolute Gasteiger partial charge is 0.190 e. The van der Waals surface area contributed by atoms with E-state index in [4.69, 9.17) is 27.9 Å². The van der Waals surface area contributed by atoms with E-state index in [1.807, 2.05) is 0 Å². The van der Waals surface area contributed by atoms with Crippen molar-refractivity contribution in [3.8, 4) is 0 Å². The molecule has 0 aromatic rings. The molecule has 0 aromatic carbocycles. The third-order valence-corrected chi connectivity index (χ3v) is 7.10. The molecule has 6 atom stereocenters. The Kier molecular flexibility index (Phi) is 5.12. The standard InChI is InChI=1S/C19H30O7S/c1-27(20)26-15-14(13-12-21-18(23-13)8-4-2-5-9-18)22-17-16(15)24-19(25-17)10-6-3-7-11-19/h13-17H,2-12H2,1H3/t13-,14-,15+,16-,17-,27?/m1/s1. The lowest BCUT2D eigenvalue weighted by Crippen LogP contribution is -2.46. The van der Waals surface area contributed by atoms with Gasteiger partial charge in [0, 0.05) is 31.9 Å². The van der Waals surface area contributed by atoms with Crippen molar-refractivity contribution in [1.82, 2.24) is 0 Å². The molecule has 1 unspecified atom stereocenters. The summed E-state index contributed by atoms with van der Waals surface area (Å²) >= 11 is -1.43. The summed E-state index contributed by atoms with van der Waals surface area (Å²) < 4.78 is 48.9. The molecular weight excluding hydrogens is 372 g/mol. The first-order valence-electron chi connectivity index (χ1n) is 10.4. The maximum atomic E-state index is 11.9. The quantitative estimate of drug-likeness (QED) is 0.718. The van der Waals surface area contributed by atoms with Crippen molar-refractivity contribution in [1.29, 1.82) is 0 Å². The summed E-state index contributed by atoms with van der Waals surface area (Å²) in [7, 11) is 0. The molecule has 5 fully saturated rings. The van der Waals surface area contributed by atoms with Gasteiger partial charge in [0.2, 0.25) is 0 Å². The fraction of sp³-hybridized carbons (Fsp3) is 1.00. The van der Waals surface area contributed by atoms with Crippen LogP contribution >= 0.6 is 0 Å². The first kappa shape index (κ1) is 18.9. The lowest BCUT2D eigenvalue weighted by molar-refractivity contribution is -0.258. The van der Waals surface area contributed by atoms with Crippen LogP contribution in [0.1, 0.15) is 64.2 Å². The zero-order valence-corrected chi connectivity index (χ0v) is 16.7. The highest BCUT2D eigenvalue weighted by Gasteiger charge is 2.62. The van der Waals surface area contributed by atoms with Gasteiger partial charge in [0.15, 0.2) is 28.9 Å². The van der Waals surface area contributed by atoms with Crippen molar-refractivity contribution in [3.63, 3.8) is 0 Å². The number of rotatable bonds is 3. The van der Waals surface area contributed by atoms with E-state index in [9.17, 15) is 4.21 Å². The van der Waals surface area contributed by atoms with Gasteiger partial charge in [-0.2, -0.15) is 0 Å². The molecule has 0 N–H and O–H groups in total. The molecule has 0 aromatic heterocycles. The van der Waals surface area contributed by atoms with Crippen LogP contribution in [0, 0.1) is 0 Å². The van der Waals surface area contributed by atoms with Crippen LogP contribution in [0.15, 0.2) is 0 Å². The van der Waals surface area contributed by atoms with E-state index < -0.39 is 41.2 Å². The zero-order chi connectivity index (χ0) is 18.5. The normalized spacial score (nSPS) is 44.0. The van der Waals surface area contributed by atoms with Gasteiger partial charge < -0.3 is 23.7 Å². The first-order chi connectivity index (χ1) is 13.1. The highest BCUT2D eigenvalue weighted by atomic mass is 32.2. The summed E-state index contributed by atoms with van der Waals surface area (Å²) in [4.78, 5) is 0. The minimum Gasteiger partial charge on any atom is -0.347 e. The SMILES string of the molecule is CS(=O)O[C@@H]1[C@H]2OC3(CCCCC3)O[C@H]2O[C@@H]1[C@H]1COC2(CCCCC2)O1. The Morgan fingerprint density at radius 3 is 2.19 bits per heavy atom. The minimum atomic E-state index is -1.43. The van der Waals surface area contributed by atoms with Crippen molar-refractivity contribution >= 4 is 11.1 Å². The van der Waals surface area contributed by atoms with Crippen molar-refractivity contribution in [2.75, 3.05) is 12.9 Å².